The van der Waals surface area contributed by atoms with E-state index in [-0.39, 0.29) is 0 Å². The zero-order chi connectivity index (χ0) is 15.5. The lowest BCUT2D eigenvalue weighted by Crippen LogP contribution is -2.49. The average Bonchev–Trinajstić information content (AvgIpc) is 2.94. The van der Waals surface area contributed by atoms with Gasteiger partial charge in [0.05, 0.1) is 6.54 Å². The lowest BCUT2D eigenvalue weighted by Gasteiger charge is -2.33. The fraction of sp³-hybridized carbons (Fsp3) is 0.375. The fourth-order valence-corrected chi connectivity index (χ4v) is 2.16. The summed E-state index contributed by atoms with van der Waals surface area (Å²) in [6, 6.07) is 11.6. The van der Waals surface area contributed by atoms with Crippen LogP contribution >= 0.6 is 0 Å². The Labute approximate surface area is 124 Å². The number of hydrogen-bond donors (Lipinski definition) is 1. The molecule has 0 unspecified atom stereocenters. The Bertz CT molecular complexity index is 605. The minimum absolute atomic E-state index is 0.412. The monoisotopic (exact) mass is 288 g/mol. The Hall–Kier alpha value is -2.14. The Balaban J connectivity index is 2.17. The molecule has 5 nitrogen and oxygen atoms in total. The van der Waals surface area contributed by atoms with Crippen LogP contribution in [0.1, 0.15) is 26.5 Å². The van der Waals surface area contributed by atoms with Crippen LogP contribution in [0.15, 0.2) is 40.9 Å². The van der Waals surface area contributed by atoms with Gasteiger partial charge in [-0.3, -0.25) is 9.69 Å². The number of hydrogen-bond acceptors (Lipinski definition) is 4. The molecule has 2 rings (SSSR count). The third-order valence-electron chi connectivity index (χ3n) is 3.67. The number of carbonyl (C=O) groups is 1. The molecular weight excluding hydrogens is 268 g/mol. The minimum Gasteiger partial charge on any atom is -0.480 e. The van der Waals surface area contributed by atoms with Crippen LogP contribution in [0.4, 0.5) is 0 Å². The molecule has 0 spiro atoms. The van der Waals surface area contributed by atoms with E-state index < -0.39 is 11.5 Å². The Morgan fingerprint density at radius 2 is 2.00 bits per heavy atom. The average molecular weight is 288 g/mol. The van der Waals surface area contributed by atoms with Crippen molar-refractivity contribution in [3.63, 3.8) is 0 Å². The number of carboxylic acids is 1. The normalized spacial score (nSPS) is 11.8. The van der Waals surface area contributed by atoms with Crippen molar-refractivity contribution in [2.45, 2.75) is 32.9 Å². The van der Waals surface area contributed by atoms with Crippen LogP contribution in [0.25, 0.3) is 11.3 Å². The first-order chi connectivity index (χ1) is 9.95. The van der Waals surface area contributed by atoms with Gasteiger partial charge >= 0.3 is 5.97 Å². The van der Waals surface area contributed by atoms with Crippen LogP contribution in [0, 0.1) is 0 Å². The van der Waals surface area contributed by atoms with Crippen LogP contribution in [-0.4, -0.2) is 33.2 Å². The molecule has 0 aliphatic heterocycles. The molecule has 21 heavy (non-hydrogen) atoms. The maximum atomic E-state index is 11.4. The Morgan fingerprint density at radius 3 is 2.57 bits per heavy atom. The molecule has 0 radical (unpaired) electrons. The summed E-state index contributed by atoms with van der Waals surface area (Å²) in [5, 5.41) is 13.4. The molecule has 0 bridgehead atoms. The second kappa shape index (κ2) is 6.10. The molecule has 1 aromatic heterocycles. The molecule has 2 aromatic rings. The van der Waals surface area contributed by atoms with Gasteiger partial charge in [0.15, 0.2) is 5.76 Å². The fourth-order valence-electron chi connectivity index (χ4n) is 2.16. The minimum atomic E-state index is -0.950. The smallest absolute Gasteiger partial charge is 0.323 e. The summed E-state index contributed by atoms with van der Waals surface area (Å²) in [7, 11) is 0. The van der Waals surface area contributed by atoms with E-state index in [0.717, 1.165) is 11.3 Å². The maximum Gasteiger partial charge on any atom is 0.323 e. The van der Waals surface area contributed by atoms with Crippen molar-refractivity contribution in [1.29, 1.82) is 0 Å². The summed E-state index contributed by atoms with van der Waals surface area (Å²) in [6.45, 7) is 6.33. The molecule has 0 saturated heterocycles. The molecule has 5 heteroatoms. The number of aliphatic carboxylic acids is 1. The van der Waals surface area contributed by atoms with Gasteiger partial charge in [-0.05, 0) is 20.4 Å². The summed E-state index contributed by atoms with van der Waals surface area (Å²) in [5.41, 5.74) is 0.789. The van der Waals surface area contributed by atoms with Gasteiger partial charge in [0.2, 0.25) is 0 Å². The highest BCUT2D eigenvalue weighted by molar-refractivity contribution is 5.77. The van der Waals surface area contributed by atoms with Crippen molar-refractivity contribution < 1.29 is 14.4 Å². The number of rotatable bonds is 6. The zero-order valence-electron chi connectivity index (χ0n) is 12.5. The summed E-state index contributed by atoms with van der Waals surface area (Å²) in [5.74, 6) is -0.197. The molecular formula is C16H20N2O3. The lowest BCUT2D eigenvalue weighted by molar-refractivity contribution is -0.149. The molecule has 0 aliphatic carbocycles. The van der Waals surface area contributed by atoms with Crippen molar-refractivity contribution in [3.05, 3.63) is 42.2 Å². The molecule has 112 valence electrons. The van der Waals surface area contributed by atoms with E-state index >= 15 is 0 Å². The summed E-state index contributed by atoms with van der Waals surface area (Å²) in [4.78, 5) is 13.2. The van der Waals surface area contributed by atoms with E-state index in [0.29, 0.717) is 18.8 Å². The zero-order valence-corrected chi connectivity index (χ0v) is 12.5. The largest absolute Gasteiger partial charge is 0.480 e. The topological polar surface area (TPSA) is 66.6 Å². The second-order valence-corrected chi connectivity index (χ2v) is 5.42. The lowest BCUT2D eigenvalue weighted by atomic mass is 10.0. The first-order valence-corrected chi connectivity index (χ1v) is 6.94. The van der Waals surface area contributed by atoms with E-state index in [4.69, 9.17) is 4.52 Å². The van der Waals surface area contributed by atoms with E-state index in [1.165, 1.54) is 0 Å². The summed E-state index contributed by atoms with van der Waals surface area (Å²) >= 11 is 0. The molecule has 0 saturated carbocycles. The number of likely N-dealkylation sites (N-methyl/N-ethyl adjacent to an activating group) is 1. The van der Waals surface area contributed by atoms with Gasteiger partial charge in [0.25, 0.3) is 0 Å². The highest BCUT2D eigenvalue weighted by atomic mass is 16.5. The Kier molecular flexibility index (Phi) is 4.43. The van der Waals surface area contributed by atoms with Gasteiger partial charge in [0.1, 0.15) is 11.2 Å². The molecule has 1 N–H and O–H groups in total. The van der Waals surface area contributed by atoms with Gasteiger partial charge in [-0.1, -0.05) is 42.4 Å². The Morgan fingerprint density at radius 1 is 1.33 bits per heavy atom. The van der Waals surface area contributed by atoms with Crippen molar-refractivity contribution in [3.8, 4) is 11.3 Å². The first kappa shape index (κ1) is 15.3. The van der Waals surface area contributed by atoms with Crippen LogP contribution < -0.4 is 0 Å². The number of benzene rings is 1. The van der Waals surface area contributed by atoms with E-state index in [2.05, 4.69) is 5.16 Å². The van der Waals surface area contributed by atoms with Gasteiger partial charge < -0.3 is 9.63 Å². The molecule has 1 heterocycles. The van der Waals surface area contributed by atoms with Crippen LogP contribution in [0.2, 0.25) is 0 Å². The molecule has 1 aromatic carbocycles. The predicted octanol–water partition coefficient (Wildman–Crippen LogP) is 3.03. The van der Waals surface area contributed by atoms with Gasteiger partial charge in [-0.25, -0.2) is 0 Å². The van der Waals surface area contributed by atoms with Crippen molar-refractivity contribution in [1.82, 2.24) is 10.1 Å². The quantitative estimate of drug-likeness (QED) is 0.885. The summed E-state index contributed by atoms with van der Waals surface area (Å²) < 4.78 is 5.34. The highest BCUT2D eigenvalue weighted by Crippen LogP contribution is 2.22. The van der Waals surface area contributed by atoms with Crippen LogP contribution in [0.3, 0.4) is 0 Å². The highest BCUT2D eigenvalue weighted by Gasteiger charge is 2.34. The number of carboxylic acid groups (broad SMARTS) is 1. The number of aromatic nitrogens is 1. The predicted molar refractivity (Wildman–Crippen MR) is 79.7 cm³/mol. The van der Waals surface area contributed by atoms with Crippen LogP contribution in [0.5, 0.6) is 0 Å². The van der Waals surface area contributed by atoms with Crippen LogP contribution in [-0.2, 0) is 11.3 Å². The van der Waals surface area contributed by atoms with Gasteiger partial charge in [0, 0.05) is 11.6 Å². The first-order valence-electron chi connectivity index (χ1n) is 6.94. The third-order valence-corrected chi connectivity index (χ3v) is 3.67. The van der Waals surface area contributed by atoms with Crippen molar-refractivity contribution in [2.24, 2.45) is 0 Å². The van der Waals surface area contributed by atoms with E-state index in [1.807, 2.05) is 48.2 Å². The standard InChI is InChI=1S/C16H20N2O3/c1-4-18(16(2,3)15(19)20)11-13-10-14(17-21-13)12-8-6-5-7-9-12/h5-10H,4,11H2,1-3H3,(H,19,20). The number of nitrogens with zero attached hydrogens (tertiary/aromatic N) is 2. The van der Waals surface area contributed by atoms with Crippen molar-refractivity contribution >= 4 is 5.97 Å². The SMILES string of the molecule is CCN(Cc1cc(-c2ccccc2)no1)C(C)(C)C(=O)O. The van der Waals surface area contributed by atoms with E-state index in [1.54, 1.807) is 13.8 Å². The van der Waals surface area contributed by atoms with Gasteiger partial charge in [-0.15, -0.1) is 0 Å². The van der Waals surface area contributed by atoms with Crippen molar-refractivity contribution in [2.75, 3.05) is 6.54 Å². The third kappa shape index (κ3) is 3.31. The molecule has 0 aliphatic rings. The van der Waals surface area contributed by atoms with E-state index in [9.17, 15) is 9.90 Å². The maximum absolute atomic E-state index is 11.4. The second-order valence-electron chi connectivity index (χ2n) is 5.42. The molecule has 0 amide bonds. The molecule has 0 fully saturated rings. The van der Waals surface area contributed by atoms with Gasteiger partial charge in [-0.2, -0.15) is 0 Å². The molecule has 0 atom stereocenters. The summed E-state index contributed by atoms with van der Waals surface area (Å²) in [6.07, 6.45) is 0.